The standard InChI is InChI=1S/C24H31N2O2/c1-4-26-22-8-6-5-7-21(22)24(2,3)23(26)14-11-19-9-12-20(13-10-19)25(15-17-27)16-18-28/h5-14,27-28H,4,15-18H2,1-3H3/q+1. The predicted molar refractivity (Wildman–Crippen MR) is 117 cm³/mol. The average molecular weight is 380 g/mol. The molecule has 0 aromatic heterocycles. The summed E-state index contributed by atoms with van der Waals surface area (Å²) < 4.78 is 2.39. The van der Waals surface area contributed by atoms with E-state index < -0.39 is 0 Å². The maximum absolute atomic E-state index is 9.21. The van der Waals surface area contributed by atoms with E-state index in [2.05, 4.69) is 73.9 Å². The summed E-state index contributed by atoms with van der Waals surface area (Å²) in [6.45, 7) is 8.88. The van der Waals surface area contributed by atoms with Gasteiger partial charge in [-0.15, -0.1) is 0 Å². The molecule has 1 heterocycles. The van der Waals surface area contributed by atoms with Crippen molar-refractivity contribution in [1.29, 1.82) is 0 Å². The number of allylic oxidation sites excluding steroid dienone is 1. The van der Waals surface area contributed by atoms with Crippen LogP contribution >= 0.6 is 0 Å². The first kappa shape index (κ1) is 20.3. The number of aliphatic hydroxyl groups excluding tert-OH is 2. The molecule has 0 amide bonds. The minimum atomic E-state index is -0.0257. The van der Waals surface area contributed by atoms with Crippen LogP contribution in [0.3, 0.4) is 0 Å². The fraction of sp³-hybridized carbons (Fsp3) is 0.375. The van der Waals surface area contributed by atoms with Crippen LogP contribution in [0, 0.1) is 0 Å². The molecule has 2 aromatic rings. The van der Waals surface area contributed by atoms with Crippen LogP contribution in [-0.4, -0.2) is 53.3 Å². The maximum atomic E-state index is 9.21. The van der Waals surface area contributed by atoms with Gasteiger partial charge >= 0.3 is 0 Å². The smallest absolute Gasteiger partial charge is 0.209 e. The van der Waals surface area contributed by atoms with Gasteiger partial charge < -0.3 is 15.1 Å². The molecule has 4 heteroatoms. The van der Waals surface area contributed by atoms with Gasteiger partial charge in [-0.1, -0.05) is 30.3 Å². The number of hydrogen-bond donors (Lipinski definition) is 2. The van der Waals surface area contributed by atoms with Gasteiger partial charge in [-0.3, -0.25) is 0 Å². The second kappa shape index (κ2) is 8.72. The highest BCUT2D eigenvalue weighted by Crippen LogP contribution is 2.39. The molecule has 0 atom stereocenters. The third kappa shape index (κ3) is 3.89. The molecular weight excluding hydrogens is 348 g/mol. The van der Waals surface area contributed by atoms with Crippen molar-refractivity contribution in [2.45, 2.75) is 26.2 Å². The van der Waals surface area contributed by atoms with Crippen LogP contribution < -0.4 is 4.90 Å². The van der Waals surface area contributed by atoms with E-state index in [0.717, 1.165) is 17.8 Å². The Labute approximate surface area is 168 Å². The van der Waals surface area contributed by atoms with E-state index in [1.54, 1.807) is 0 Å². The molecule has 0 saturated carbocycles. The number of rotatable bonds is 8. The minimum absolute atomic E-state index is 0.0257. The Bertz CT molecular complexity index is 860. The zero-order chi connectivity index (χ0) is 20.1. The van der Waals surface area contributed by atoms with Crippen LogP contribution in [0.5, 0.6) is 0 Å². The highest BCUT2D eigenvalue weighted by atomic mass is 16.3. The fourth-order valence-corrected chi connectivity index (χ4v) is 4.06. The van der Waals surface area contributed by atoms with Gasteiger partial charge in [0, 0.05) is 36.5 Å². The van der Waals surface area contributed by atoms with Crippen molar-refractivity contribution >= 4 is 23.2 Å². The molecule has 1 aliphatic heterocycles. The summed E-state index contributed by atoms with van der Waals surface area (Å²) >= 11 is 0. The van der Waals surface area contributed by atoms with E-state index >= 15 is 0 Å². The summed E-state index contributed by atoms with van der Waals surface area (Å²) in [5.41, 5.74) is 6.09. The van der Waals surface area contributed by atoms with Crippen LogP contribution in [0.2, 0.25) is 0 Å². The third-order valence-electron chi connectivity index (χ3n) is 5.55. The molecule has 0 saturated heterocycles. The summed E-state index contributed by atoms with van der Waals surface area (Å²) in [6.07, 6.45) is 4.40. The molecule has 0 bridgehead atoms. The van der Waals surface area contributed by atoms with E-state index in [-0.39, 0.29) is 18.6 Å². The Morgan fingerprint density at radius 2 is 1.57 bits per heavy atom. The van der Waals surface area contributed by atoms with E-state index in [1.165, 1.54) is 17.0 Å². The summed E-state index contributed by atoms with van der Waals surface area (Å²) in [4.78, 5) is 1.98. The SMILES string of the molecule is CC[N+]1=C(/C=C/c2ccc(N(CCO)CCO)cc2)C(C)(C)c2ccccc21. The Morgan fingerprint density at radius 1 is 0.929 bits per heavy atom. The maximum Gasteiger partial charge on any atom is 0.209 e. The lowest BCUT2D eigenvalue weighted by molar-refractivity contribution is -0.433. The van der Waals surface area contributed by atoms with Crippen molar-refractivity contribution in [3.63, 3.8) is 0 Å². The van der Waals surface area contributed by atoms with Crippen molar-refractivity contribution in [3.8, 4) is 0 Å². The van der Waals surface area contributed by atoms with Gasteiger partial charge in [-0.25, -0.2) is 0 Å². The first-order valence-electron chi connectivity index (χ1n) is 10.0. The average Bonchev–Trinajstić information content (AvgIpc) is 2.93. The molecule has 2 N–H and O–H groups in total. The van der Waals surface area contributed by atoms with Gasteiger partial charge in [-0.05, 0) is 44.5 Å². The van der Waals surface area contributed by atoms with Crippen molar-refractivity contribution < 1.29 is 14.8 Å². The molecule has 1 aliphatic rings. The molecule has 0 fully saturated rings. The lowest BCUT2D eigenvalue weighted by Gasteiger charge is -2.22. The van der Waals surface area contributed by atoms with Crippen molar-refractivity contribution in [2.75, 3.05) is 37.7 Å². The largest absolute Gasteiger partial charge is 0.395 e. The number of hydrogen-bond acceptors (Lipinski definition) is 3. The van der Waals surface area contributed by atoms with Crippen LogP contribution in [0.25, 0.3) is 6.08 Å². The normalized spacial score (nSPS) is 15.3. The summed E-state index contributed by atoms with van der Waals surface area (Å²) in [7, 11) is 0. The van der Waals surface area contributed by atoms with Crippen molar-refractivity contribution in [3.05, 3.63) is 65.7 Å². The second-order valence-corrected chi connectivity index (χ2v) is 7.63. The first-order valence-corrected chi connectivity index (χ1v) is 10.0. The molecule has 3 rings (SSSR count). The van der Waals surface area contributed by atoms with Crippen LogP contribution in [0.4, 0.5) is 11.4 Å². The van der Waals surface area contributed by atoms with Crippen molar-refractivity contribution in [2.24, 2.45) is 0 Å². The third-order valence-corrected chi connectivity index (χ3v) is 5.55. The zero-order valence-electron chi connectivity index (χ0n) is 17.1. The van der Waals surface area contributed by atoms with Crippen LogP contribution in [-0.2, 0) is 5.41 Å². The molecule has 148 valence electrons. The number of nitrogens with zero attached hydrogens (tertiary/aromatic N) is 2. The quantitative estimate of drug-likeness (QED) is 0.689. The van der Waals surface area contributed by atoms with E-state index in [1.807, 2.05) is 17.0 Å². The van der Waals surface area contributed by atoms with E-state index in [4.69, 9.17) is 0 Å². The van der Waals surface area contributed by atoms with Gasteiger partial charge in [0.05, 0.1) is 18.6 Å². The fourth-order valence-electron chi connectivity index (χ4n) is 4.06. The van der Waals surface area contributed by atoms with Crippen LogP contribution in [0.15, 0.2) is 54.6 Å². The van der Waals surface area contributed by atoms with Gasteiger partial charge in [-0.2, -0.15) is 4.58 Å². The van der Waals surface area contributed by atoms with Gasteiger partial charge in [0.25, 0.3) is 0 Å². The van der Waals surface area contributed by atoms with Gasteiger partial charge in [0.2, 0.25) is 5.69 Å². The molecular formula is C24H31N2O2+. The molecule has 28 heavy (non-hydrogen) atoms. The molecule has 0 spiro atoms. The Kier molecular flexibility index (Phi) is 6.32. The lowest BCUT2D eigenvalue weighted by Crippen LogP contribution is -2.29. The summed E-state index contributed by atoms with van der Waals surface area (Å²) in [5.74, 6) is 0. The van der Waals surface area contributed by atoms with Gasteiger partial charge in [0.15, 0.2) is 5.71 Å². The summed E-state index contributed by atoms with van der Waals surface area (Å²) in [6, 6.07) is 16.9. The number of anilines is 1. The van der Waals surface area contributed by atoms with Crippen molar-refractivity contribution in [1.82, 2.24) is 0 Å². The molecule has 2 aromatic carbocycles. The first-order chi connectivity index (χ1) is 13.5. The number of fused-ring (bicyclic) bond motifs is 1. The second-order valence-electron chi connectivity index (χ2n) is 7.63. The highest BCUT2D eigenvalue weighted by Gasteiger charge is 2.43. The Morgan fingerprint density at radius 3 is 2.18 bits per heavy atom. The lowest BCUT2D eigenvalue weighted by atomic mass is 9.81. The number of aliphatic hydroxyl groups is 2. The number of para-hydroxylation sites is 1. The molecule has 0 aliphatic carbocycles. The van der Waals surface area contributed by atoms with Gasteiger partial charge in [0.1, 0.15) is 6.54 Å². The molecule has 4 nitrogen and oxygen atoms in total. The molecule has 0 radical (unpaired) electrons. The topological polar surface area (TPSA) is 46.7 Å². The van der Waals surface area contributed by atoms with E-state index in [9.17, 15) is 10.2 Å². The minimum Gasteiger partial charge on any atom is -0.395 e. The summed E-state index contributed by atoms with van der Waals surface area (Å²) in [5, 5.41) is 18.4. The number of benzene rings is 2. The Balaban J connectivity index is 1.85. The molecule has 0 unspecified atom stereocenters. The van der Waals surface area contributed by atoms with Crippen LogP contribution in [0.1, 0.15) is 31.9 Å². The predicted octanol–water partition coefficient (Wildman–Crippen LogP) is 3.59. The van der Waals surface area contributed by atoms with E-state index in [0.29, 0.717) is 13.1 Å². The Hall–Kier alpha value is -2.43. The zero-order valence-corrected chi connectivity index (χ0v) is 17.1. The highest BCUT2D eigenvalue weighted by molar-refractivity contribution is 6.05. The monoisotopic (exact) mass is 379 g/mol.